The largest absolute Gasteiger partial charge is 0.324 e. The second-order valence-electron chi connectivity index (χ2n) is 5.19. The zero-order valence-electron chi connectivity index (χ0n) is 10.1. The Hall–Kier alpha value is -0.600. The summed E-state index contributed by atoms with van der Waals surface area (Å²) in [6, 6.07) is 4.50. The first-order valence-electron chi connectivity index (χ1n) is 6.29. The number of hydrogen-bond donors (Lipinski definition) is 1. The van der Waals surface area contributed by atoms with E-state index in [0.29, 0.717) is 22.4 Å². The van der Waals surface area contributed by atoms with Crippen LogP contribution >= 0.6 is 11.6 Å². The van der Waals surface area contributed by atoms with Crippen molar-refractivity contribution in [2.24, 2.45) is 17.6 Å². The SMILES string of the molecule is CC1CCCC(C(N)c2c(F)cccc2Cl)C1. The summed E-state index contributed by atoms with van der Waals surface area (Å²) in [5.41, 5.74) is 6.70. The molecular weight excluding hydrogens is 237 g/mol. The minimum absolute atomic E-state index is 0.272. The van der Waals surface area contributed by atoms with E-state index in [9.17, 15) is 4.39 Å². The molecule has 0 bridgehead atoms. The lowest BCUT2D eigenvalue weighted by Gasteiger charge is -2.31. The molecule has 1 aliphatic rings. The van der Waals surface area contributed by atoms with Crippen LogP contribution in [0, 0.1) is 17.7 Å². The van der Waals surface area contributed by atoms with Crippen LogP contribution in [0.4, 0.5) is 4.39 Å². The van der Waals surface area contributed by atoms with Gasteiger partial charge in [0, 0.05) is 16.6 Å². The first kappa shape index (κ1) is 12.8. The Labute approximate surface area is 107 Å². The molecule has 1 fully saturated rings. The summed E-state index contributed by atoms with van der Waals surface area (Å²) < 4.78 is 13.8. The maximum Gasteiger partial charge on any atom is 0.129 e. The molecule has 17 heavy (non-hydrogen) atoms. The normalized spacial score (nSPS) is 26.8. The van der Waals surface area contributed by atoms with Gasteiger partial charge in [-0.3, -0.25) is 0 Å². The van der Waals surface area contributed by atoms with Crippen LogP contribution in [0.15, 0.2) is 18.2 Å². The summed E-state index contributed by atoms with van der Waals surface area (Å²) in [5, 5.41) is 0.454. The van der Waals surface area contributed by atoms with Gasteiger partial charge >= 0.3 is 0 Å². The third-order valence-electron chi connectivity index (χ3n) is 3.82. The Bertz CT molecular complexity index is 374. The molecule has 1 saturated carbocycles. The van der Waals surface area contributed by atoms with E-state index >= 15 is 0 Å². The van der Waals surface area contributed by atoms with E-state index in [1.807, 2.05) is 0 Å². The molecule has 1 nitrogen and oxygen atoms in total. The summed E-state index contributed by atoms with van der Waals surface area (Å²) >= 11 is 6.06. The molecule has 0 amide bonds. The van der Waals surface area contributed by atoms with Gasteiger partial charge in [0.25, 0.3) is 0 Å². The number of rotatable bonds is 2. The van der Waals surface area contributed by atoms with Crippen molar-refractivity contribution >= 4 is 11.6 Å². The fraction of sp³-hybridized carbons (Fsp3) is 0.571. The first-order valence-corrected chi connectivity index (χ1v) is 6.67. The highest BCUT2D eigenvalue weighted by molar-refractivity contribution is 6.31. The third kappa shape index (κ3) is 2.80. The van der Waals surface area contributed by atoms with E-state index in [1.165, 1.54) is 18.9 Å². The number of nitrogens with two attached hydrogens (primary N) is 1. The Morgan fingerprint density at radius 1 is 1.41 bits per heavy atom. The van der Waals surface area contributed by atoms with Crippen molar-refractivity contribution in [2.45, 2.75) is 38.6 Å². The summed E-state index contributed by atoms with van der Waals surface area (Å²) in [5.74, 6) is 0.765. The van der Waals surface area contributed by atoms with E-state index in [4.69, 9.17) is 17.3 Å². The van der Waals surface area contributed by atoms with Gasteiger partial charge in [-0.05, 0) is 36.8 Å². The Balaban J connectivity index is 2.21. The predicted molar refractivity (Wildman–Crippen MR) is 69.5 cm³/mol. The molecule has 1 aromatic rings. The molecule has 0 aromatic heterocycles. The van der Waals surface area contributed by atoms with Gasteiger partial charge in [-0.15, -0.1) is 0 Å². The number of benzene rings is 1. The molecular formula is C14H19ClFN. The molecule has 94 valence electrons. The van der Waals surface area contributed by atoms with Gasteiger partial charge in [-0.25, -0.2) is 4.39 Å². The van der Waals surface area contributed by atoms with Crippen molar-refractivity contribution in [1.29, 1.82) is 0 Å². The van der Waals surface area contributed by atoms with E-state index in [-0.39, 0.29) is 11.9 Å². The topological polar surface area (TPSA) is 26.0 Å². The van der Waals surface area contributed by atoms with E-state index in [1.54, 1.807) is 12.1 Å². The van der Waals surface area contributed by atoms with Crippen molar-refractivity contribution in [3.8, 4) is 0 Å². The van der Waals surface area contributed by atoms with Crippen LogP contribution in [0.25, 0.3) is 0 Å². The molecule has 3 atom stereocenters. The van der Waals surface area contributed by atoms with Crippen LogP contribution in [-0.2, 0) is 0 Å². The second kappa shape index (κ2) is 5.36. The highest BCUT2D eigenvalue weighted by atomic mass is 35.5. The first-order chi connectivity index (χ1) is 8.09. The Morgan fingerprint density at radius 2 is 2.18 bits per heavy atom. The second-order valence-corrected chi connectivity index (χ2v) is 5.60. The van der Waals surface area contributed by atoms with Crippen LogP contribution in [0.5, 0.6) is 0 Å². The summed E-state index contributed by atoms with van der Waals surface area (Å²) in [6.07, 6.45) is 4.60. The summed E-state index contributed by atoms with van der Waals surface area (Å²) in [4.78, 5) is 0. The maximum atomic E-state index is 13.8. The van der Waals surface area contributed by atoms with Crippen molar-refractivity contribution in [1.82, 2.24) is 0 Å². The number of halogens is 2. The fourth-order valence-corrected chi connectivity index (χ4v) is 3.16. The Morgan fingerprint density at radius 3 is 2.82 bits per heavy atom. The molecule has 2 N–H and O–H groups in total. The molecule has 0 aliphatic heterocycles. The highest BCUT2D eigenvalue weighted by Gasteiger charge is 2.28. The molecule has 0 radical (unpaired) electrons. The summed E-state index contributed by atoms with van der Waals surface area (Å²) in [6.45, 7) is 2.24. The van der Waals surface area contributed by atoms with Gasteiger partial charge in [0.15, 0.2) is 0 Å². The smallest absolute Gasteiger partial charge is 0.129 e. The van der Waals surface area contributed by atoms with Gasteiger partial charge < -0.3 is 5.73 Å². The average Bonchev–Trinajstić information content (AvgIpc) is 2.28. The van der Waals surface area contributed by atoms with Crippen LogP contribution in [0.3, 0.4) is 0 Å². The highest BCUT2D eigenvalue weighted by Crippen LogP contribution is 2.38. The minimum Gasteiger partial charge on any atom is -0.324 e. The van der Waals surface area contributed by atoms with Crippen LogP contribution < -0.4 is 5.73 Å². The minimum atomic E-state index is -0.275. The summed E-state index contributed by atoms with van der Waals surface area (Å²) in [7, 11) is 0. The van der Waals surface area contributed by atoms with Crippen molar-refractivity contribution in [3.63, 3.8) is 0 Å². The molecule has 0 saturated heterocycles. The van der Waals surface area contributed by atoms with Crippen molar-refractivity contribution in [2.75, 3.05) is 0 Å². The quantitative estimate of drug-likeness (QED) is 0.838. The van der Waals surface area contributed by atoms with E-state index in [0.717, 1.165) is 12.8 Å². The fourth-order valence-electron chi connectivity index (χ4n) is 2.87. The van der Waals surface area contributed by atoms with Crippen LogP contribution in [0.1, 0.15) is 44.2 Å². The van der Waals surface area contributed by atoms with Gasteiger partial charge in [0.2, 0.25) is 0 Å². The molecule has 1 aromatic carbocycles. The van der Waals surface area contributed by atoms with Crippen LogP contribution in [-0.4, -0.2) is 0 Å². The lowest BCUT2D eigenvalue weighted by molar-refractivity contribution is 0.245. The molecule has 2 rings (SSSR count). The van der Waals surface area contributed by atoms with E-state index < -0.39 is 0 Å². The molecule has 1 aliphatic carbocycles. The predicted octanol–water partition coefficient (Wildman–Crippen LogP) is 4.31. The average molecular weight is 256 g/mol. The zero-order chi connectivity index (χ0) is 12.4. The lowest BCUT2D eigenvalue weighted by Crippen LogP contribution is -2.27. The van der Waals surface area contributed by atoms with Crippen molar-refractivity contribution in [3.05, 3.63) is 34.6 Å². The Kier molecular flexibility index (Phi) is 4.05. The van der Waals surface area contributed by atoms with Gasteiger partial charge in [-0.1, -0.05) is 37.4 Å². The maximum absolute atomic E-state index is 13.8. The third-order valence-corrected chi connectivity index (χ3v) is 4.15. The molecule has 3 unspecified atom stereocenters. The monoisotopic (exact) mass is 255 g/mol. The molecule has 0 heterocycles. The number of hydrogen-bond acceptors (Lipinski definition) is 1. The van der Waals surface area contributed by atoms with Gasteiger partial charge in [0.1, 0.15) is 5.82 Å². The molecule has 3 heteroatoms. The van der Waals surface area contributed by atoms with Gasteiger partial charge in [-0.2, -0.15) is 0 Å². The van der Waals surface area contributed by atoms with Crippen molar-refractivity contribution < 1.29 is 4.39 Å². The lowest BCUT2D eigenvalue weighted by atomic mass is 9.77. The van der Waals surface area contributed by atoms with Crippen LogP contribution in [0.2, 0.25) is 5.02 Å². The van der Waals surface area contributed by atoms with Gasteiger partial charge in [0.05, 0.1) is 0 Å². The zero-order valence-corrected chi connectivity index (χ0v) is 10.9. The molecule has 0 spiro atoms. The standard InChI is InChI=1S/C14H19ClFN/c1-9-4-2-5-10(8-9)14(17)13-11(15)6-3-7-12(13)16/h3,6-7,9-10,14H,2,4-5,8,17H2,1H3. The van der Waals surface area contributed by atoms with E-state index in [2.05, 4.69) is 6.92 Å².